The molecule has 2 rings (SSSR count). The highest BCUT2D eigenvalue weighted by Crippen LogP contribution is 2.20. The van der Waals surface area contributed by atoms with Gasteiger partial charge in [-0.3, -0.25) is 9.78 Å². The summed E-state index contributed by atoms with van der Waals surface area (Å²) in [6.07, 6.45) is 3.46. The van der Waals surface area contributed by atoms with E-state index in [0.717, 1.165) is 5.56 Å². The summed E-state index contributed by atoms with van der Waals surface area (Å²) in [6.45, 7) is 1.97. The minimum Gasteiger partial charge on any atom is -0.481 e. The number of nitrogens with one attached hydrogen (secondary N) is 1. The number of nitrogens with zero attached hydrogens (tertiary/aromatic N) is 1. The number of hydrogen-bond acceptors (Lipinski definition) is 5. The van der Waals surface area contributed by atoms with Crippen molar-refractivity contribution < 1.29 is 23.1 Å². The fourth-order valence-electron chi connectivity index (χ4n) is 2.49. The number of ether oxygens (including phenoxy) is 1. The largest absolute Gasteiger partial charge is 0.481 e. The molecular formula is C14H20N2O5S. The van der Waals surface area contributed by atoms with Gasteiger partial charge in [0.1, 0.15) is 5.25 Å². The van der Waals surface area contributed by atoms with Gasteiger partial charge in [-0.05, 0) is 31.4 Å². The molecule has 0 saturated carbocycles. The average molecular weight is 328 g/mol. The van der Waals surface area contributed by atoms with Crippen LogP contribution in [0.5, 0.6) is 0 Å². The second-order valence-corrected chi connectivity index (χ2v) is 7.38. The lowest BCUT2D eigenvalue weighted by Gasteiger charge is -2.18. The standard InChI is InChI=1S/C14H20N2O5S/c1-10-13(4-6-21-10)22(19,20)16-9-12(14(17)18)7-11-3-2-5-15-8-11/h2-3,5,8,10,12-13,16H,4,6-7,9H2,1H3,(H,17,18). The van der Waals surface area contributed by atoms with Gasteiger partial charge in [-0.25, -0.2) is 13.1 Å². The Morgan fingerprint density at radius 3 is 2.91 bits per heavy atom. The topological polar surface area (TPSA) is 106 Å². The lowest BCUT2D eigenvalue weighted by atomic mass is 10.0. The summed E-state index contributed by atoms with van der Waals surface area (Å²) in [5, 5.41) is 8.64. The highest BCUT2D eigenvalue weighted by Gasteiger charge is 2.36. The Labute approximate surface area is 129 Å². The zero-order valence-corrected chi connectivity index (χ0v) is 13.1. The second kappa shape index (κ2) is 7.17. The maximum absolute atomic E-state index is 12.2. The fraction of sp³-hybridized carbons (Fsp3) is 0.571. The quantitative estimate of drug-likeness (QED) is 0.751. The Morgan fingerprint density at radius 1 is 1.59 bits per heavy atom. The Hall–Kier alpha value is -1.51. The van der Waals surface area contributed by atoms with Crippen molar-refractivity contribution >= 4 is 16.0 Å². The molecule has 3 unspecified atom stereocenters. The summed E-state index contributed by atoms with van der Waals surface area (Å²) in [6, 6.07) is 3.49. The molecule has 8 heteroatoms. The number of hydrogen-bond donors (Lipinski definition) is 2. The van der Waals surface area contributed by atoms with Gasteiger partial charge in [0.15, 0.2) is 0 Å². The van der Waals surface area contributed by atoms with Crippen LogP contribution in [-0.4, -0.2) is 49.0 Å². The molecule has 7 nitrogen and oxygen atoms in total. The highest BCUT2D eigenvalue weighted by molar-refractivity contribution is 7.90. The van der Waals surface area contributed by atoms with Crippen LogP contribution in [0.1, 0.15) is 18.9 Å². The number of pyridine rings is 1. The SMILES string of the molecule is CC1OCCC1S(=O)(=O)NCC(Cc1cccnc1)C(=O)O. The van der Waals surface area contributed by atoms with Crippen LogP contribution in [0, 0.1) is 5.92 Å². The first-order valence-corrected chi connectivity index (χ1v) is 8.66. The van der Waals surface area contributed by atoms with E-state index in [1.807, 2.05) is 0 Å². The van der Waals surface area contributed by atoms with E-state index >= 15 is 0 Å². The predicted octanol–water partition coefficient (Wildman–Crippen LogP) is 0.422. The van der Waals surface area contributed by atoms with Gasteiger partial charge in [0.2, 0.25) is 10.0 Å². The maximum atomic E-state index is 12.2. The summed E-state index contributed by atoms with van der Waals surface area (Å²) in [7, 11) is -3.58. The summed E-state index contributed by atoms with van der Waals surface area (Å²) in [4.78, 5) is 15.3. The van der Waals surface area contributed by atoms with Gasteiger partial charge in [-0.15, -0.1) is 0 Å². The van der Waals surface area contributed by atoms with Crippen LogP contribution in [0.3, 0.4) is 0 Å². The van der Waals surface area contributed by atoms with Gasteiger partial charge < -0.3 is 9.84 Å². The number of carbonyl (C=O) groups is 1. The molecule has 1 saturated heterocycles. The summed E-state index contributed by atoms with van der Waals surface area (Å²) in [5.41, 5.74) is 0.756. The molecule has 0 aromatic carbocycles. The van der Waals surface area contributed by atoms with Gasteiger partial charge in [0.05, 0.1) is 12.0 Å². The molecule has 0 spiro atoms. The zero-order chi connectivity index (χ0) is 16.2. The minimum atomic E-state index is -3.58. The van der Waals surface area contributed by atoms with Crippen molar-refractivity contribution in [3.05, 3.63) is 30.1 Å². The van der Waals surface area contributed by atoms with Crippen LogP contribution in [0.2, 0.25) is 0 Å². The van der Waals surface area contributed by atoms with Crippen LogP contribution < -0.4 is 4.72 Å². The number of carboxylic acid groups (broad SMARTS) is 1. The molecule has 1 aromatic heterocycles. The van der Waals surface area contributed by atoms with E-state index in [9.17, 15) is 18.3 Å². The van der Waals surface area contributed by atoms with Crippen LogP contribution in [0.15, 0.2) is 24.5 Å². The van der Waals surface area contributed by atoms with Crippen LogP contribution in [-0.2, 0) is 26.0 Å². The van der Waals surface area contributed by atoms with E-state index in [2.05, 4.69) is 9.71 Å². The second-order valence-electron chi connectivity index (χ2n) is 5.40. The van der Waals surface area contributed by atoms with E-state index in [-0.39, 0.29) is 19.1 Å². The Bertz CT molecular complexity index is 605. The predicted molar refractivity (Wildman–Crippen MR) is 79.8 cm³/mol. The molecular weight excluding hydrogens is 308 g/mol. The van der Waals surface area contributed by atoms with Crippen molar-refractivity contribution in [3.63, 3.8) is 0 Å². The summed E-state index contributed by atoms with van der Waals surface area (Å²) in [5.74, 6) is -1.88. The molecule has 122 valence electrons. The minimum absolute atomic E-state index is 0.143. The molecule has 22 heavy (non-hydrogen) atoms. The molecule has 0 amide bonds. The van der Waals surface area contributed by atoms with Crippen molar-refractivity contribution in [3.8, 4) is 0 Å². The van der Waals surface area contributed by atoms with Crippen molar-refractivity contribution in [1.29, 1.82) is 0 Å². The molecule has 3 atom stereocenters. The van der Waals surface area contributed by atoms with Gasteiger partial charge in [-0.2, -0.15) is 0 Å². The average Bonchev–Trinajstić information content (AvgIpc) is 2.91. The third kappa shape index (κ3) is 4.25. The molecule has 1 fully saturated rings. The van der Waals surface area contributed by atoms with Crippen LogP contribution >= 0.6 is 0 Å². The van der Waals surface area contributed by atoms with E-state index in [1.54, 1.807) is 31.5 Å². The van der Waals surface area contributed by atoms with Gasteiger partial charge >= 0.3 is 5.97 Å². The highest BCUT2D eigenvalue weighted by atomic mass is 32.2. The molecule has 0 radical (unpaired) electrons. The number of aromatic nitrogens is 1. The number of carboxylic acids is 1. The van der Waals surface area contributed by atoms with Gasteiger partial charge in [0, 0.05) is 25.5 Å². The van der Waals surface area contributed by atoms with E-state index < -0.39 is 27.2 Å². The fourth-order valence-corrected chi connectivity index (χ4v) is 4.13. The van der Waals surface area contributed by atoms with Crippen molar-refractivity contribution in [1.82, 2.24) is 9.71 Å². The maximum Gasteiger partial charge on any atom is 0.308 e. The molecule has 0 bridgehead atoms. The van der Waals surface area contributed by atoms with Gasteiger partial charge in [0.25, 0.3) is 0 Å². The first-order chi connectivity index (χ1) is 10.4. The monoisotopic (exact) mass is 328 g/mol. The van der Waals surface area contributed by atoms with E-state index in [4.69, 9.17) is 4.74 Å². The molecule has 1 aromatic rings. The zero-order valence-electron chi connectivity index (χ0n) is 12.3. The third-order valence-corrected chi connectivity index (χ3v) is 5.78. The summed E-state index contributed by atoms with van der Waals surface area (Å²) < 4.78 is 32.1. The number of rotatable bonds is 7. The lowest BCUT2D eigenvalue weighted by Crippen LogP contribution is -2.42. The first-order valence-electron chi connectivity index (χ1n) is 7.12. The first kappa shape index (κ1) is 16.9. The van der Waals surface area contributed by atoms with Crippen molar-refractivity contribution in [2.24, 2.45) is 5.92 Å². The Balaban J connectivity index is 1.98. The Morgan fingerprint density at radius 2 is 2.36 bits per heavy atom. The van der Waals surface area contributed by atoms with Crippen molar-refractivity contribution in [2.45, 2.75) is 31.1 Å². The molecule has 2 N–H and O–H groups in total. The van der Waals surface area contributed by atoms with Crippen LogP contribution in [0.25, 0.3) is 0 Å². The molecule has 1 aliphatic rings. The number of sulfonamides is 1. The van der Waals surface area contributed by atoms with Gasteiger partial charge in [-0.1, -0.05) is 6.07 Å². The number of aliphatic carboxylic acids is 1. The molecule has 1 aliphatic heterocycles. The third-order valence-electron chi connectivity index (χ3n) is 3.79. The van der Waals surface area contributed by atoms with Crippen LogP contribution in [0.4, 0.5) is 0 Å². The molecule has 2 heterocycles. The van der Waals surface area contributed by atoms with Crippen molar-refractivity contribution in [2.75, 3.05) is 13.2 Å². The smallest absolute Gasteiger partial charge is 0.308 e. The van der Waals surface area contributed by atoms with E-state index in [0.29, 0.717) is 13.0 Å². The normalized spacial score (nSPS) is 23.3. The summed E-state index contributed by atoms with van der Waals surface area (Å²) >= 11 is 0. The van der Waals surface area contributed by atoms with E-state index in [1.165, 1.54) is 0 Å². The lowest BCUT2D eigenvalue weighted by molar-refractivity contribution is -0.141. The molecule has 0 aliphatic carbocycles. The Kier molecular flexibility index (Phi) is 5.49.